The van der Waals surface area contributed by atoms with E-state index < -0.39 is 0 Å². The van der Waals surface area contributed by atoms with Crippen LogP contribution in [0.3, 0.4) is 0 Å². The topological polar surface area (TPSA) is 51.2 Å². The quantitative estimate of drug-likeness (QED) is 0.325. The van der Waals surface area contributed by atoms with Gasteiger partial charge in [-0.15, -0.1) is 0 Å². The molecule has 0 atom stereocenters. The van der Waals surface area contributed by atoms with Gasteiger partial charge in [-0.2, -0.15) is 0 Å². The Balaban J connectivity index is -0.00000000900. The molecule has 0 saturated carbocycles. The van der Waals surface area contributed by atoms with Crippen LogP contribution in [0.15, 0.2) is 0 Å². The van der Waals surface area contributed by atoms with E-state index >= 15 is 0 Å². The third-order valence-electron chi connectivity index (χ3n) is 0. The van der Waals surface area contributed by atoms with E-state index in [9.17, 15) is 0 Å². The first kappa shape index (κ1) is 31.1. The van der Waals surface area contributed by atoms with E-state index in [-0.39, 0.29) is 17.4 Å². The summed E-state index contributed by atoms with van der Waals surface area (Å²) in [6.07, 6.45) is 0. The van der Waals surface area contributed by atoms with Crippen molar-refractivity contribution in [2.45, 2.75) is 0 Å². The Labute approximate surface area is 52.8 Å². The second-order valence-corrected chi connectivity index (χ2v) is 0. The van der Waals surface area contributed by atoms with Crippen molar-refractivity contribution in [2.75, 3.05) is 0 Å². The number of hydrogen-bond donors (Lipinski definition) is 0. The second kappa shape index (κ2) is 546. The molecule has 0 spiro atoms. The molecule has 0 fully saturated rings. The van der Waals surface area contributed by atoms with Crippen LogP contribution < -0.4 is 0 Å². The minimum absolute atomic E-state index is 0. The van der Waals surface area contributed by atoms with Crippen LogP contribution in [0.25, 0.3) is 0 Å². The van der Waals surface area contributed by atoms with Crippen molar-refractivity contribution in [1.29, 1.82) is 0 Å². The van der Waals surface area contributed by atoms with E-state index in [0.717, 1.165) is 0 Å². The average molecular weight is 139 g/mol. The molecule has 0 aliphatic heterocycles. The first-order chi connectivity index (χ1) is 3.00. The summed E-state index contributed by atoms with van der Waals surface area (Å²) < 4.78 is 0. The predicted molar refractivity (Wildman–Crippen MR) is 20.3 cm³/mol. The van der Waals surface area contributed by atoms with Gasteiger partial charge in [0.15, 0.2) is 0 Å². The fraction of sp³-hybridized carbons (Fsp3) is 0. The largest absolute Gasteiger partial charge is 3.00 e. The van der Waals surface area contributed by atoms with Gasteiger partial charge in [-0.3, -0.25) is 20.4 Å². The monoisotopic (exact) mass is 139 g/mol. The van der Waals surface area contributed by atoms with Gasteiger partial charge in [0, 0.05) is 0 Å². The summed E-state index contributed by atoms with van der Waals surface area (Å²) in [4.78, 5) is 23.2. The SMILES string of the molecule is [CH-]=O.[CH-]=O.[CH-]=O.[Cr+3]. The molecule has 3 nitrogen and oxygen atoms in total. The summed E-state index contributed by atoms with van der Waals surface area (Å²) in [5, 5.41) is 0. The van der Waals surface area contributed by atoms with E-state index in [1.54, 1.807) is 0 Å². The van der Waals surface area contributed by atoms with Crippen LogP contribution >= 0.6 is 0 Å². The summed E-state index contributed by atoms with van der Waals surface area (Å²) in [5.74, 6) is 0. The van der Waals surface area contributed by atoms with Crippen molar-refractivity contribution in [3.63, 3.8) is 0 Å². The minimum atomic E-state index is 0. The van der Waals surface area contributed by atoms with Crippen LogP contribution in [0.5, 0.6) is 0 Å². The van der Waals surface area contributed by atoms with Gasteiger partial charge in [-0.25, -0.2) is 0 Å². The van der Waals surface area contributed by atoms with Gasteiger partial charge >= 0.3 is 17.4 Å². The Bertz CT molecular complexity index is 14.9. The van der Waals surface area contributed by atoms with Gasteiger partial charge < -0.3 is 14.4 Å². The molecule has 1 radical (unpaired) electrons. The summed E-state index contributed by atoms with van der Waals surface area (Å²) in [6, 6.07) is 0. The van der Waals surface area contributed by atoms with Gasteiger partial charge in [0.05, 0.1) is 0 Å². The van der Waals surface area contributed by atoms with Crippen molar-refractivity contribution in [1.82, 2.24) is 0 Å². The molecule has 0 saturated heterocycles. The predicted octanol–water partition coefficient (Wildman–Crippen LogP) is -0.825. The summed E-state index contributed by atoms with van der Waals surface area (Å²) in [6.45, 7) is 9.75. The molecule has 0 aromatic heterocycles. The maximum atomic E-state index is 7.75. The van der Waals surface area contributed by atoms with Gasteiger partial charge in [0.2, 0.25) is 0 Å². The van der Waals surface area contributed by atoms with Gasteiger partial charge in [0.25, 0.3) is 0 Å². The molecule has 39 valence electrons. The van der Waals surface area contributed by atoms with E-state index in [2.05, 4.69) is 20.4 Å². The molecule has 0 heterocycles. The number of carbonyl (C=O) groups excluding carboxylic acids is 3. The van der Waals surface area contributed by atoms with Crippen molar-refractivity contribution >= 4 is 20.4 Å². The van der Waals surface area contributed by atoms with E-state index in [1.165, 1.54) is 0 Å². The van der Waals surface area contributed by atoms with Crippen LogP contribution in [-0.2, 0) is 31.7 Å². The summed E-state index contributed by atoms with van der Waals surface area (Å²) >= 11 is 0. The van der Waals surface area contributed by atoms with Crippen LogP contribution in [0.2, 0.25) is 0 Å². The first-order valence-corrected chi connectivity index (χ1v) is 0.707. The Kier molecular flexibility index (Phi) is 2430. The number of rotatable bonds is 0. The minimum Gasteiger partial charge on any atom is -0.545 e. The third-order valence-corrected chi connectivity index (χ3v) is 0. The molecule has 0 aliphatic rings. The summed E-state index contributed by atoms with van der Waals surface area (Å²) in [5.41, 5.74) is 0. The van der Waals surface area contributed by atoms with E-state index in [1.807, 2.05) is 0 Å². The molecule has 0 aromatic rings. The molecular weight excluding hydrogens is 136 g/mol. The zero-order chi connectivity index (χ0) is 6.00. The molecular formula is C3H3CrO3. The van der Waals surface area contributed by atoms with Crippen molar-refractivity contribution in [3.05, 3.63) is 0 Å². The zero-order valence-electron chi connectivity index (χ0n) is 3.37. The van der Waals surface area contributed by atoms with Crippen LogP contribution in [0, 0.1) is 0 Å². The third kappa shape index (κ3) is 332. The van der Waals surface area contributed by atoms with Crippen molar-refractivity contribution in [3.8, 4) is 0 Å². The molecule has 4 heteroatoms. The molecule has 0 unspecified atom stereocenters. The molecule has 0 aromatic carbocycles. The van der Waals surface area contributed by atoms with E-state index in [4.69, 9.17) is 14.4 Å². The maximum absolute atomic E-state index is 7.75. The van der Waals surface area contributed by atoms with Crippen molar-refractivity contribution in [2.24, 2.45) is 0 Å². The fourth-order valence-corrected chi connectivity index (χ4v) is 0. The molecule has 0 bridgehead atoms. The summed E-state index contributed by atoms with van der Waals surface area (Å²) in [7, 11) is 0. The average Bonchev–Trinajstić information content (AvgIpc) is 1.81. The first-order valence-electron chi connectivity index (χ1n) is 0.707. The molecule has 0 N–H and O–H groups in total. The molecule has 7 heavy (non-hydrogen) atoms. The van der Waals surface area contributed by atoms with E-state index in [0.29, 0.717) is 0 Å². The normalized spacial score (nSPS) is 1.71. The standard InChI is InChI=1S/3CHO.Cr/c3*1-2;/h3*1H;/q3*-1;+3. The van der Waals surface area contributed by atoms with Gasteiger partial charge in [0.1, 0.15) is 0 Å². The Morgan fingerprint density at radius 2 is 0.571 bits per heavy atom. The van der Waals surface area contributed by atoms with Crippen molar-refractivity contribution < 1.29 is 31.7 Å². The smallest absolute Gasteiger partial charge is 0.545 e. The number of hydrogen-bond acceptors (Lipinski definition) is 3. The Morgan fingerprint density at radius 1 is 0.571 bits per heavy atom. The van der Waals surface area contributed by atoms with Gasteiger partial charge in [-0.1, -0.05) is 0 Å². The molecule has 0 rings (SSSR count). The van der Waals surface area contributed by atoms with Gasteiger partial charge in [-0.05, 0) is 0 Å². The molecule has 0 amide bonds. The van der Waals surface area contributed by atoms with Crippen LogP contribution in [0.1, 0.15) is 0 Å². The Morgan fingerprint density at radius 3 is 0.571 bits per heavy atom. The Hall–Kier alpha value is -0.458. The molecule has 0 aliphatic carbocycles. The maximum Gasteiger partial charge on any atom is 3.00 e. The fourth-order valence-electron chi connectivity index (χ4n) is 0. The zero-order valence-corrected chi connectivity index (χ0v) is 4.64. The van der Waals surface area contributed by atoms with Crippen LogP contribution in [-0.4, -0.2) is 20.4 Å². The van der Waals surface area contributed by atoms with Crippen LogP contribution in [0.4, 0.5) is 0 Å². The second-order valence-electron chi connectivity index (χ2n) is 0.